The van der Waals surface area contributed by atoms with Gasteiger partial charge in [0.2, 0.25) is 0 Å². The Morgan fingerprint density at radius 2 is 1.74 bits per heavy atom. The number of nitrogens with zero attached hydrogens (tertiary/aromatic N) is 3. The summed E-state index contributed by atoms with van der Waals surface area (Å²) >= 11 is 3.34. The van der Waals surface area contributed by atoms with Gasteiger partial charge < -0.3 is 9.47 Å². The summed E-state index contributed by atoms with van der Waals surface area (Å²) in [5.74, 6) is 0.595. The van der Waals surface area contributed by atoms with Crippen molar-refractivity contribution in [3.8, 4) is 0 Å². The van der Waals surface area contributed by atoms with E-state index in [1.807, 2.05) is 50.2 Å². The topological polar surface area (TPSA) is 56.1 Å². The van der Waals surface area contributed by atoms with Crippen LogP contribution in [0.3, 0.4) is 0 Å². The molecule has 2 aromatic rings. The Hall–Kier alpha value is -1.63. The number of rotatable bonds is 8. The number of hydrogen-bond acceptors (Lipinski definition) is 5. The normalized spacial score (nSPS) is 11.5. The lowest BCUT2D eigenvalue weighted by molar-refractivity contribution is -0.140. The van der Waals surface area contributed by atoms with Gasteiger partial charge in [0.25, 0.3) is 0 Å². The number of hydrogen-bond donors (Lipinski definition) is 0. The molecule has 6 heteroatoms. The van der Waals surface area contributed by atoms with Gasteiger partial charge in [-0.15, -0.1) is 5.11 Å². The predicted molar refractivity (Wildman–Crippen MR) is 92.6 cm³/mol. The number of pyridine rings is 1. The highest BCUT2D eigenvalue weighted by molar-refractivity contribution is 9.10. The average Bonchev–Trinajstić information content (AvgIpc) is 2.57. The van der Waals surface area contributed by atoms with Gasteiger partial charge in [-0.05, 0) is 47.5 Å². The molecule has 0 fully saturated rings. The minimum atomic E-state index is -0.312. The first-order valence-corrected chi connectivity index (χ1v) is 8.33. The third-order valence-electron chi connectivity index (χ3n) is 3.03. The van der Waals surface area contributed by atoms with E-state index in [1.165, 1.54) is 0 Å². The molecule has 0 atom stereocenters. The molecule has 2 rings (SSSR count). The van der Waals surface area contributed by atoms with E-state index in [4.69, 9.17) is 9.47 Å². The van der Waals surface area contributed by atoms with Crippen molar-refractivity contribution >= 4 is 21.7 Å². The Kier molecular flexibility index (Phi) is 7.32. The van der Waals surface area contributed by atoms with Crippen molar-refractivity contribution in [2.75, 3.05) is 13.2 Å². The van der Waals surface area contributed by atoms with E-state index in [-0.39, 0.29) is 6.29 Å². The predicted octanol–water partition coefficient (Wildman–Crippen LogP) is 5.20. The molecule has 0 N–H and O–H groups in total. The zero-order valence-electron chi connectivity index (χ0n) is 13.3. The lowest BCUT2D eigenvalue weighted by atomic mass is 10.1. The molecule has 1 aromatic carbocycles. The maximum atomic E-state index is 5.58. The average molecular weight is 378 g/mol. The van der Waals surface area contributed by atoms with E-state index < -0.39 is 0 Å². The van der Waals surface area contributed by atoms with Gasteiger partial charge in [-0.25, -0.2) is 4.98 Å². The fraction of sp³-hybridized carbons (Fsp3) is 0.353. The smallest absolute Gasteiger partial charge is 0.183 e. The molecule has 0 aliphatic heterocycles. The van der Waals surface area contributed by atoms with Crippen LogP contribution in [0.2, 0.25) is 0 Å². The summed E-state index contributed by atoms with van der Waals surface area (Å²) in [6, 6.07) is 11.7. The van der Waals surface area contributed by atoms with Gasteiger partial charge in [0, 0.05) is 29.4 Å². The lowest BCUT2D eigenvalue weighted by Gasteiger charge is -2.17. The maximum absolute atomic E-state index is 5.58. The van der Waals surface area contributed by atoms with Crippen molar-refractivity contribution in [2.45, 2.75) is 26.7 Å². The second kappa shape index (κ2) is 9.50. The molecule has 23 heavy (non-hydrogen) atoms. The summed E-state index contributed by atoms with van der Waals surface area (Å²) in [6.07, 6.45) is 1.39. The number of aromatic nitrogens is 1. The van der Waals surface area contributed by atoms with Crippen LogP contribution < -0.4 is 0 Å². The Balaban J connectivity index is 1.95. The minimum Gasteiger partial charge on any atom is -0.349 e. The molecule has 0 aliphatic rings. The molecule has 0 radical (unpaired) electrons. The number of ether oxygens (including phenoxy) is 2. The molecule has 0 saturated heterocycles. The molecule has 122 valence electrons. The highest BCUT2D eigenvalue weighted by atomic mass is 79.9. The zero-order valence-corrected chi connectivity index (χ0v) is 14.9. The van der Waals surface area contributed by atoms with Crippen LogP contribution in [-0.2, 0) is 16.0 Å². The molecule has 1 aromatic heterocycles. The second-order valence-corrected chi connectivity index (χ2v) is 5.63. The highest BCUT2D eigenvalue weighted by Gasteiger charge is 2.10. The molecule has 0 spiro atoms. The van der Waals surface area contributed by atoms with Crippen molar-refractivity contribution in [1.82, 2.24) is 4.98 Å². The maximum Gasteiger partial charge on any atom is 0.183 e. The van der Waals surface area contributed by atoms with Gasteiger partial charge >= 0.3 is 0 Å². The van der Waals surface area contributed by atoms with E-state index in [1.54, 1.807) is 6.20 Å². The standard InChI is InChI=1S/C17H20BrN3O2/c1-3-22-17(23-4-2)14-7-5-13(6-8-14)11-20-21-16-10-9-15(18)12-19-16/h5-10,12,17H,3-4,11H2,1-2H3. The summed E-state index contributed by atoms with van der Waals surface area (Å²) in [7, 11) is 0. The molecule has 0 saturated carbocycles. The van der Waals surface area contributed by atoms with Crippen molar-refractivity contribution in [2.24, 2.45) is 10.2 Å². The quantitative estimate of drug-likeness (QED) is 0.469. The summed E-state index contributed by atoms with van der Waals surface area (Å²) in [5.41, 5.74) is 2.07. The molecule has 0 bridgehead atoms. The Morgan fingerprint density at radius 1 is 1.04 bits per heavy atom. The SMILES string of the molecule is CCOC(OCC)c1ccc(CN=Nc2ccc(Br)cn2)cc1. The van der Waals surface area contributed by atoms with Crippen LogP contribution in [0.25, 0.3) is 0 Å². The molecule has 1 heterocycles. The fourth-order valence-electron chi connectivity index (χ4n) is 1.94. The first-order chi connectivity index (χ1) is 11.2. The second-order valence-electron chi connectivity index (χ2n) is 4.72. The third-order valence-corrected chi connectivity index (χ3v) is 3.50. The van der Waals surface area contributed by atoms with E-state index in [0.717, 1.165) is 15.6 Å². The van der Waals surface area contributed by atoms with Gasteiger partial charge in [-0.1, -0.05) is 24.3 Å². The zero-order chi connectivity index (χ0) is 16.5. The monoisotopic (exact) mass is 377 g/mol. The van der Waals surface area contributed by atoms with Crippen LogP contribution in [0.4, 0.5) is 5.82 Å². The first-order valence-electron chi connectivity index (χ1n) is 7.54. The van der Waals surface area contributed by atoms with Crippen molar-refractivity contribution in [3.05, 3.63) is 58.2 Å². The van der Waals surface area contributed by atoms with Crippen LogP contribution in [0.1, 0.15) is 31.3 Å². The van der Waals surface area contributed by atoms with Gasteiger partial charge in [0.15, 0.2) is 12.1 Å². The molecular formula is C17H20BrN3O2. The minimum absolute atomic E-state index is 0.312. The Bertz CT molecular complexity index is 609. The van der Waals surface area contributed by atoms with E-state index in [9.17, 15) is 0 Å². The number of benzene rings is 1. The Labute approximate surface area is 144 Å². The largest absolute Gasteiger partial charge is 0.349 e. The molecule has 0 aliphatic carbocycles. The summed E-state index contributed by atoms with van der Waals surface area (Å²) < 4.78 is 12.1. The summed E-state index contributed by atoms with van der Waals surface area (Å²) in [6.45, 7) is 5.64. The van der Waals surface area contributed by atoms with Gasteiger partial charge in [-0.3, -0.25) is 0 Å². The molecule has 0 unspecified atom stereocenters. The van der Waals surface area contributed by atoms with E-state index >= 15 is 0 Å². The number of azo groups is 1. The van der Waals surface area contributed by atoms with Gasteiger partial charge in [0.05, 0.1) is 6.54 Å². The first kappa shape index (κ1) is 17.7. The summed E-state index contributed by atoms with van der Waals surface area (Å²) in [4.78, 5) is 4.15. The van der Waals surface area contributed by atoms with Gasteiger partial charge in [0.1, 0.15) is 0 Å². The summed E-state index contributed by atoms with van der Waals surface area (Å²) in [5, 5.41) is 8.28. The number of halogens is 1. The third kappa shape index (κ3) is 5.82. The molecular weight excluding hydrogens is 358 g/mol. The fourth-order valence-corrected chi connectivity index (χ4v) is 2.17. The Morgan fingerprint density at radius 3 is 2.30 bits per heavy atom. The van der Waals surface area contributed by atoms with E-state index in [2.05, 4.69) is 31.1 Å². The lowest BCUT2D eigenvalue weighted by Crippen LogP contribution is -2.08. The van der Waals surface area contributed by atoms with Crippen molar-refractivity contribution in [1.29, 1.82) is 0 Å². The van der Waals surface area contributed by atoms with Gasteiger partial charge in [-0.2, -0.15) is 5.11 Å². The molecule has 0 amide bonds. The van der Waals surface area contributed by atoms with Crippen LogP contribution >= 0.6 is 15.9 Å². The molecule has 5 nitrogen and oxygen atoms in total. The van der Waals surface area contributed by atoms with Crippen LogP contribution in [0, 0.1) is 0 Å². The van der Waals surface area contributed by atoms with Crippen LogP contribution in [-0.4, -0.2) is 18.2 Å². The van der Waals surface area contributed by atoms with Crippen LogP contribution in [0.5, 0.6) is 0 Å². The van der Waals surface area contributed by atoms with Crippen LogP contribution in [0.15, 0.2) is 57.3 Å². The van der Waals surface area contributed by atoms with Crippen molar-refractivity contribution in [3.63, 3.8) is 0 Å². The highest BCUT2D eigenvalue weighted by Crippen LogP contribution is 2.20. The van der Waals surface area contributed by atoms with Crippen molar-refractivity contribution < 1.29 is 9.47 Å². The van der Waals surface area contributed by atoms with E-state index in [0.29, 0.717) is 25.6 Å².